The molecule has 0 fully saturated rings. The topological polar surface area (TPSA) is 53.0 Å². The van der Waals surface area contributed by atoms with Gasteiger partial charge in [0.2, 0.25) is 5.91 Å². The van der Waals surface area contributed by atoms with Crippen molar-refractivity contribution in [1.82, 2.24) is 0 Å². The van der Waals surface area contributed by atoms with Crippen LogP contribution in [0, 0.1) is 5.41 Å². The molecule has 0 bridgehead atoms. The van der Waals surface area contributed by atoms with Crippen molar-refractivity contribution in [3.05, 3.63) is 30.3 Å². The normalized spacial score (nSPS) is 9.43. The lowest BCUT2D eigenvalue weighted by atomic mass is 10.3. The highest BCUT2D eigenvalue weighted by Crippen LogP contribution is 2.06. The third kappa shape index (κ3) is 4.09. The van der Waals surface area contributed by atoms with Gasteiger partial charge in [-0.2, -0.15) is 0 Å². The summed E-state index contributed by atoms with van der Waals surface area (Å²) in [5.74, 6) is 0.954. The molecule has 0 saturated heterocycles. The largest absolute Gasteiger partial charge is 0.325 e. The zero-order valence-corrected chi connectivity index (χ0v) is 8.51. The van der Waals surface area contributed by atoms with Gasteiger partial charge in [0.25, 0.3) is 0 Å². The number of benzene rings is 1. The molecule has 14 heavy (non-hydrogen) atoms. The van der Waals surface area contributed by atoms with E-state index in [1.807, 2.05) is 30.3 Å². The number of para-hydroxylation sites is 1. The molecule has 1 amide bonds. The highest BCUT2D eigenvalue weighted by molar-refractivity contribution is 8.00. The highest BCUT2D eigenvalue weighted by atomic mass is 32.2. The van der Waals surface area contributed by atoms with Crippen molar-refractivity contribution in [2.24, 2.45) is 0 Å². The fourth-order valence-electron chi connectivity index (χ4n) is 0.929. The molecule has 1 aromatic rings. The molecule has 0 unspecified atom stereocenters. The summed E-state index contributed by atoms with van der Waals surface area (Å²) in [6.07, 6.45) is 1.29. The molecule has 0 aromatic heterocycles. The molecule has 1 rings (SSSR count). The van der Waals surface area contributed by atoms with Crippen molar-refractivity contribution in [3.8, 4) is 0 Å². The van der Waals surface area contributed by atoms with Gasteiger partial charge in [0, 0.05) is 17.7 Å². The maximum Gasteiger partial charge on any atom is 0.234 e. The molecule has 2 N–H and O–H groups in total. The van der Waals surface area contributed by atoms with Crippen LogP contribution >= 0.6 is 11.8 Å². The van der Waals surface area contributed by atoms with Gasteiger partial charge in [-0.05, 0) is 12.1 Å². The van der Waals surface area contributed by atoms with Crippen LogP contribution in [0.4, 0.5) is 5.69 Å². The molecule has 0 aliphatic heterocycles. The zero-order valence-electron chi connectivity index (χ0n) is 7.69. The van der Waals surface area contributed by atoms with Crippen LogP contribution in [0.1, 0.15) is 0 Å². The van der Waals surface area contributed by atoms with Gasteiger partial charge in [0.1, 0.15) is 0 Å². The molecule has 0 radical (unpaired) electrons. The van der Waals surface area contributed by atoms with Gasteiger partial charge in [-0.15, -0.1) is 11.8 Å². The Kier molecular flexibility index (Phi) is 4.78. The Morgan fingerprint density at radius 2 is 2.14 bits per heavy atom. The lowest BCUT2D eigenvalue weighted by Crippen LogP contribution is -2.14. The predicted molar refractivity (Wildman–Crippen MR) is 61.2 cm³/mol. The van der Waals surface area contributed by atoms with E-state index in [1.54, 1.807) is 0 Å². The number of carbonyl (C=O) groups is 1. The predicted octanol–water partition coefficient (Wildman–Crippen LogP) is 2.01. The minimum absolute atomic E-state index is 0.0250. The van der Waals surface area contributed by atoms with Crippen molar-refractivity contribution in [2.75, 3.05) is 16.8 Å². The van der Waals surface area contributed by atoms with E-state index in [-0.39, 0.29) is 5.91 Å². The van der Waals surface area contributed by atoms with E-state index in [9.17, 15) is 4.79 Å². The number of nitrogens with one attached hydrogen (secondary N) is 2. The smallest absolute Gasteiger partial charge is 0.234 e. The molecule has 0 spiro atoms. The first kappa shape index (κ1) is 10.8. The minimum Gasteiger partial charge on any atom is -0.325 e. The Labute approximate surface area is 87.4 Å². The van der Waals surface area contributed by atoms with Crippen LogP contribution in [0.25, 0.3) is 0 Å². The van der Waals surface area contributed by atoms with Gasteiger partial charge in [0.15, 0.2) is 0 Å². The summed E-state index contributed by atoms with van der Waals surface area (Å²) >= 11 is 1.43. The summed E-state index contributed by atoms with van der Waals surface area (Å²) < 4.78 is 0. The van der Waals surface area contributed by atoms with Crippen LogP contribution in [0.2, 0.25) is 0 Å². The summed E-state index contributed by atoms with van der Waals surface area (Å²) in [5.41, 5.74) is 0.813. The molecule has 0 saturated carbocycles. The Balaban J connectivity index is 2.31. The number of hydrogen-bond donors (Lipinski definition) is 2. The number of amides is 1. The van der Waals surface area contributed by atoms with E-state index in [0.29, 0.717) is 11.5 Å². The monoisotopic (exact) mass is 208 g/mol. The number of thioether (sulfide) groups is 1. The maximum absolute atomic E-state index is 11.3. The molecule has 0 aliphatic rings. The first-order valence-corrected chi connectivity index (χ1v) is 5.40. The van der Waals surface area contributed by atoms with Crippen LogP contribution in [-0.2, 0) is 4.79 Å². The summed E-state index contributed by atoms with van der Waals surface area (Å²) in [5, 5.41) is 9.56. The first-order valence-electron chi connectivity index (χ1n) is 4.24. The number of rotatable bonds is 5. The van der Waals surface area contributed by atoms with Gasteiger partial charge in [-0.25, -0.2) is 0 Å². The van der Waals surface area contributed by atoms with E-state index >= 15 is 0 Å². The second-order valence-electron chi connectivity index (χ2n) is 2.63. The van der Waals surface area contributed by atoms with E-state index < -0.39 is 0 Å². The van der Waals surface area contributed by atoms with Crippen molar-refractivity contribution in [1.29, 1.82) is 5.41 Å². The third-order valence-electron chi connectivity index (χ3n) is 1.49. The summed E-state index contributed by atoms with van der Waals surface area (Å²) in [6, 6.07) is 9.35. The summed E-state index contributed by atoms with van der Waals surface area (Å²) in [7, 11) is 0. The average molecular weight is 208 g/mol. The van der Waals surface area contributed by atoms with Gasteiger partial charge >= 0.3 is 0 Å². The lowest BCUT2D eigenvalue weighted by Gasteiger charge is -2.03. The van der Waals surface area contributed by atoms with E-state index in [2.05, 4.69) is 5.32 Å². The number of anilines is 1. The lowest BCUT2D eigenvalue weighted by molar-refractivity contribution is -0.113. The van der Waals surface area contributed by atoms with Crippen LogP contribution in [0.15, 0.2) is 30.3 Å². The Hall–Kier alpha value is -1.29. The van der Waals surface area contributed by atoms with Gasteiger partial charge in [-0.1, -0.05) is 18.2 Å². The summed E-state index contributed by atoms with van der Waals surface area (Å²) in [6.45, 7) is 0. The Morgan fingerprint density at radius 3 is 2.79 bits per heavy atom. The second kappa shape index (κ2) is 6.21. The molecule has 0 atom stereocenters. The second-order valence-corrected chi connectivity index (χ2v) is 3.66. The molecular weight excluding hydrogens is 196 g/mol. The average Bonchev–Trinajstić information content (AvgIpc) is 2.20. The van der Waals surface area contributed by atoms with Crippen LogP contribution in [0.5, 0.6) is 0 Å². The van der Waals surface area contributed by atoms with Gasteiger partial charge < -0.3 is 10.7 Å². The molecule has 74 valence electrons. The van der Waals surface area contributed by atoms with E-state index in [4.69, 9.17) is 5.41 Å². The zero-order chi connectivity index (χ0) is 10.2. The first-order chi connectivity index (χ1) is 6.83. The summed E-state index contributed by atoms with van der Waals surface area (Å²) in [4.78, 5) is 11.3. The molecule has 4 heteroatoms. The third-order valence-corrected chi connectivity index (χ3v) is 2.36. The van der Waals surface area contributed by atoms with Gasteiger partial charge in [0.05, 0.1) is 5.75 Å². The quantitative estimate of drug-likeness (QED) is 0.574. The Bertz CT molecular complexity index is 300. The number of hydrogen-bond acceptors (Lipinski definition) is 3. The van der Waals surface area contributed by atoms with E-state index in [1.165, 1.54) is 18.0 Å². The molecule has 1 aromatic carbocycles. The van der Waals surface area contributed by atoms with Crippen LogP contribution in [0.3, 0.4) is 0 Å². The van der Waals surface area contributed by atoms with Crippen molar-refractivity contribution >= 4 is 29.6 Å². The molecule has 0 heterocycles. The van der Waals surface area contributed by atoms with Crippen LogP contribution < -0.4 is 5.32 Å². The highest BCUT2D eigenvalue weighted by Gasteiger charge is 2.00. The standard InChI is InChI=1S/C10H12N2OS/c11-6-7-14-8-10(13)12-9-4-2-1-3-5-9/h1-6,11H,7-8H2,(H,12,13). The number of carbonyl (C=O) groups excluding carboxylic acids is 1. The van der Waals surface area contributed by atoms with Gasteiger partial charge in [-0.3, -0.25) is 4.79 Å². The van der Waals surface area contributed by atoms with Crippen LogP contribution in [-0.4, -0.2) is 23.6 Å². The van der Waals surface area contributed by atoms with Crippen molar-refractivity contribution in [2.45, 2.75) is 0 Å². The minimum atomic E-state index is -0.0250. The van der Waals surface area contributed by atoms with Crippen molar-refractivity contribution < 1.29 is 4.79 Å². The van der Waals surface area contributed by atoms with E-state index in [0.717, 1.165) is 5.69 Å². The SMILES string of the molecule is N=CCSCC(=O)Nc1ccccc1. The van der Waals surface area contributed by atoms with Crippen molar-refractivity contribution in [3.63, 3.8) is 0 Å². The fourth-order valence-corrected chi connectivity index (χ4v) is 1.42. The Morgan fingerprint density at radius 1 is 1.43 bits per heavy atom. The molecule has 0 aliphatic carbocycles. The molecule has 3 nitrogen and oxygen atoms in total. The molecular formula is C10H12N2OS. The fraction of sp³-hybridized carbons (Fsp3) is 0.200. The maximum atomic E-state index is 11.3.